The average molecular weight is 499 g/mol. The average Bonchev–Trinajstić information content (AvgIpc) is 3.55. The Morgan fingerprint density at radius 1 is 1.03 bits per heavy atom. The maximum absolute atomic E-state index is 15.0. The summed E-state index contributed by atoms with van der Waals surface area (Å²) in [6.07, 6.45) is 5.88. The van der Waals surface area contributed by atoms with Crippen molar-refractivity contribution in [3.05, 3.63) is 88.7 Å². The molecular formula is C32H31FO4. The van der Waals surface area contributed by atoms with Crippen LogP contribution in [0.5, 0.6) is 11.5 Å². The van der Waals surface area contributed by atoms with E-state index >= 15 is 4.39 Å². The maximum Gasteiger partial charge on any atom is 0.307 e. The quantitative estimate of drug-likeness (QED) is 0.375. The summed E-state index contributed by atoms with van der Waals surface area (Å²) < 4.78 is 26.6. The van der Waals surface area contributed by atoms with E-state index in [1.165, 1.54) is 17.2 Å². The van der Waals surface area contributed by atoms with E-state index in [0.717, 1.165) is 53.7 Å². The number of ether oxygens (including phenoxy) is 2. The van der Waals surface area contributed by atoms with Gasteiger partial charge in [0.25, 0.3) is 0 Å². The Balaban J connectivity index is 1.31. The Morgan fingerprint density at radius 3 is 2.54 bits per heavy atom. The van der Waals surface area contributed by atoms with Crippen LogP contribution in [0.2, 0.25) is 0 Å². The molecule has 0 radical (unpaired) electrons. The van der Waals surface area contributed by atoms with E-state index in [1.54, 1.807) is 19.2 Å². The number of allylic oxidation sites excluding steroid dienone is 2. The number of halogens is 1. The summed E-state index contributed by atoms with van der Waals surface area (Å²) in [5.41, 5.74) is 6.77. The summed E-state index contributed by atoms with van der Waals surface area (Å²) in [6.45, 7) is 4.84. The first-order chi connectivity index (χ1) is 17.7. The van der Waals surface area contributed by atoms with Gasteiger partial charge < -0.3 is 14.6 Å². The minimum Gasteiger partial charge on any atom is -0.497 e. The number of aliphatic carboxylic acids is 1. The molecule has 1 fully saturated rings. The Labute approximate surface area is 216 Å². The molecule has 1 N–H and O–H groups in total. The fourth-order valence-corrected chi connectivity index (χ4v) is 6.32. The summed E-state index contributed by atoms with van der Waals surface area (Å²) in [5.74, 6) is 0.109. The standard InChI is InChI=1S/C32H31FO4/c1-31(2)12-4-5-26(31)24-13-19(6-10-23(24)25-14-21(36-3)9-11-29(25)33)18-37-22-8-7-20-16-32(27(20)15-22)17-28(32)30(34)35/h5-11,13-15,28H,4,12,16-18H2,1-3H3,(H,34,35)/t28-,32-/m1/s1. The smallest absolute Gasteiger partial charge is 0.307 e. The highest BCUT2D eigenvalue weighted by molar-refractivity contribution is 5.85. The van der Waals surface area contributed by atoms with E-state index < -0.39 is 5.97 Å². The lowest BCUT2D eigenvalue weighted by Gasteiger charge is -2.31. The van der Waals surface area contributed by atoms with Gasteiger partial charge in [0, 0.05) is 11.0 Å². The number of methoxy groups -OCH3 is 1. The number of carboxylic acid groups (broad SMARTS) is 1. The van der Waals surface area contributed by atoms with Crippen molar-refractivity contribution in [1.29, 1.82) is 0 Å². The van der Waals surface area contributed by atoms with Crippen LogP contribution in [0.4, 0.5) is 4.39 Å². The van der Waals surface area contributed by atoms with Crippen molar-refractivity contribution in [3.8, 4) is 22.6 Å². The number of carboxylic acids is 1. The van der Waals surface area contributed by atoms with Gasteiger partial charge in [-0.05, 0) is 101 Å². The molecule has 0 aliphatic heterocycles. The minimum absolute atomic E-state index is 0.00935. The maximum atomic E-state index is 15.0. The second-order valence-electron chi connectivity index (χ2n) is 11.3. The van der Waals surface area contributed by atoms with Crippen molar-refractivity contribution in [3.63, 3.8) is 0 Å². The topological polar surface area (TPSA) is 55.8 Å². The minimum atomic E-state index is -0.707. The lowest BCUT2D eigenvalue weighted by molar-refractivity contribution is -0.139. The van der Waals surface area contributed by atoms with Gasteiger partial charge in [0.1, 0.15) is 23.9 Å². The van der Waals surface area contributed by atoms with Crippen molar-refractivity contribution in [2.75, 3.05) is 7.11 Å². The molecule has 0 saturated heterocycles. The highest BCUT2D eigenvalue weighted by Gasteiger charge is 2.64. The van der Waals surface area contributed by atoms with Crippen LogP contribution in [0, 0.1) is 17.2 Å². The zero-order valence-electron chi connectivity index (χ0n) is 21.4. The highest BCUT2D eigenvalue weighted by Crippen LogP contribution is 2.63. The van der Waals surface area contributed by atoms with Crippen molar-refractivity contribution < 1.29 is 23.8 Å². The first kappa shape index (κ1) is 23.8. The third kappa shape index (κ3) is 3.92. The predicted molar refractivity (Wildman–Crippen MR) is 141 cm³/mol. The van der Waals surface area contributed by atoms with Crippen molar-refractivity contribution in [2.45, 2.75) is 51.6 Å². The monoisotopic (exact) mass is 498 g/mol. The summed E-state index contributed by atoms with van der Waals surface area (Å²) in [4.78, 5) is 11.5. The summed E-state index contributed by atoms with van der Waals surface area (Å²) >= 11 is 0. The van der Waals surface area contributed by atoms with E-state index in [4.69, 9.17) is 9.47 Å². The van der Waals surface area contributed by atoms with Gasteiger partial charge in [-0.1, -0.05) is 38.1 Å². The summed E-state index contributed by atoms with van der Waals surface area (Å²) in [6, 6.07) is 17.0. The fourth-order valence-electron chi connectivity index (χ4n) is 6.32. The van der Waals surface area contributed by atoms with Crippen LogP contribution in [0.25, 0.3) is 16.7 Å². The molecular weight excluding hydrogens is 467 g/mol. The van der Waals surface area contributed by atoms with E-state index in [9.17, 15) is 9.90 Å². The third-order valence-corrected chi connectivity index (χ3v) is 8.59. The Hall–Kier alpha value is -3.60. The number of rotatable bonds is 7. The Bertz CT molecular complexity index is 1450. The van der Waals surface area contributed by atoms with Crippen molar-refractivity contribution >= 4 is 11.5 Å². The van der Waals surface area contributed by atoms with E-state index in [0.29, 0.717) is 17.9 Å². The molecule has 190 valence electrons. The molecule has 37 heavy (non-hydrogen) atoms. The molecule has 1 spiro atoms. The number of hydrogen-bond donors (Lipinski definition) is 1. The van der Waals surface area contributed by atoms with Gasteiger partial charge in [-0.3, -0.25) is 4.79 Å². The van der Waals surface area contributed by atoms with Crippen LogP contribution in [-0.4, -0.2) is 18.2 Å². The Kier molecular flexibility index (Phi) is 5.45. The first-order valence-corrected chi connectivity index (χ1v) is 12.9. The molecule has 3 aliphatic carbocycles. The molecule has 1 saturated carbocycles. The van der Waals surface area contributed by atoms with Gasteiger partial charge in [-0.25, -0.2) is 4.39 Å². The van der Waals surface area contributed by atoms with Gasteiger partial charge in [-0.2, -0.15) is 0 Å². The van der Waals surface area contributed by atoms with Gasteiger partial charge in [0.2, 0.25) is 0 Å². The van der Waals surface area contributed by atoms with Gasteiger partial charge in [0.15, 0.2) is 0 Å². The van der Waals surface area contributed by atoms with Crippen LogP contribution >= 0.6 is 0 Å². The van der Waals surface area contributed by atoms with E-state index in [1.807, 2.05) is 24.3 Å². The number of benzene rings is 3. The first-order valence-electron chi connectivity index (χ1n) is 12.9. The number of carbonyl (C=O) groups is 1. The van der Waals surface area contributed by atoms with Crippen LogP contribution in [-0.2, 0) is 23.2 Å². The second kappa shape index (κ2) is 8.47. The summed E-state index contributed by atoms with van der Waals surface area (Å²) in [5, 5.41) is 9.44. The zero-order valence-corrected chi connectivity index (χ0v) is 21.4. The molecule has 5 heteroatoms. The molecule has 3 aliphatic rings. The lowest BCUT2D eigenvalue weighted by Crippen LogP contribution is -2.29. The fraction of sp³-hybridized carbons (Fsp3) is 0.344. The largest absolute Gasteiger partial charge is 0.497 e. The molecule has 0 unspecified atom stereocenters. The van der Waals surface area contributed by atoms with Crippen molar-refractivity contribution in [1.82, 2.24) is 0 Å². The molecule has 0 aromatic heterocycles. The lowest BCUT2D eigenvalue weighted by atomic mass is 9.73. The molecule has 3 aromatic rings. The second-order valence-corrected chi connectivity index (χ2v) is 11.3. The summed E-state index contributed by atoms with van der Waals surface area (Å²) in [7, 11) is 1.59. The molecule has 4 nitrogen and oxygen atoms in total. The molecule has 0 amide bonds. The van der Waals surface area contributed by atoms with Gasteiger partial charge in [-0.15, -0.1) is 0 Å². The Morgan fingerprint density at radius 2 is 1.84 bits per heavy atom. The third-order valence-electron chi connectivity index (χ3n) is 8.59. The molecule has 3 aromatic carbocycles. The molecule has 0 heterocycles. The molecule has 0 bridgehead atoms. The van der Waals surface area contributed by atoms with Gasteiger partial charge >= 0.3 is 5.97 Å². The van der Waals surface area contributed by atoms with Crippen LogP contribution in [0.1, 0.15) is 55.4 Å². The molecule has 6 rings (SSSR count). The van der Waals surface area contributed by atoms with E-state index in [-0.39, 0.29) is 22.6 Å². The SMILES string of the molecule is COc1ccc(F)c(-c2ccc(COc3ccc4c(c3)[C@@]3(C4)C[C@@H]3C(=O)O)cc2C2=CCCC2(C)C)c1. The predicted octanol–water partition coefficient (Wildman–Crippen LogP) is 7.18. The van der Waals surface area contributed by atoms with Crippen LogP contribution < -0.4 is 9.47 Å². The number of hydrogen-bond acceptors (Lipinski definition) is 3. The highest BCUT2D eigenvalue weighted by atomic mass is 19.1. The molecule has 2 atom stereocenters. The van der Waals surface area contributed by atoms with E-state index in [2.05, 4.69) is 32.1 Å². The van der Waals surface area contributed by atoms with Gasteiger partial charge in [0.05, 0.1) is 13.0 Å². The normalized spacial score (nSPS) is 22.7. The van der Waals surface area contributed by atoms with Crippen molar-refractivity contribution in [2.24, 2.45) is 11.3 Å². The zero-order chi connectivity index (χ0) is 25.9. The van der Waals surface area contributed by atoms with Crippen LogP contribution in [0.15, 0.2) is 60.7 Å². The van der Waals surface area contributed by atoms with Crippen LogP contribution in [0.3, 0.4) is 0 Å². The number of fused-ring (bicyclic) bond motifs is 2.